The zero-order valence-corrected chi connectivity index (χ0v) is 9.91. The number of imidazole rings is 1. The van der Waals surface area contributed by atoms with Crippen LogP contribution in [-0.4, -0.2) is 16.2 Å². The Kier molecular flexibility index (Phi) is 3.77. The molecule has 2 aromatic rings. The van der Waals surface area contributed by atoms with Crippen molar-refractivity contribution in [1.82, 2.24) is 9.55 Å². The zero-order chi connectivity index (χ0) is 12.1. The van der Waals surface area contributed by atoms with E-state index in [0.717, 1.165) is 17.9 Å². The fraction of sp³-hybridized carbons (Fsp3) is 0.308. The number of ether oxygens (including phenoxy) is 1. The van der Waals surface area contributed by atoms with Crippen molar-refractivity contribution >= 4 is 0 Å². The second kappa shape index (κ2) is 5.50. The van der Waals surface area contributed by atoms with Crippen molar-refractivity contribution in [3.63, 3.8) is 0 Å². The average Bonchev–Trinajstić information content (AvgIpc) is 2.82. The molecule has 2 N–H and O–H groups in total. The molecule has 0 amide bonds. The lowest BCUT2D eigenvalue weighted by Gasteiger charge is -2.13. The van der Waals surface area contributed by atoms with Gasteiger partial charge in [-0.2, -0.15) is 0 Å². The molecule has 2 rings (SSSR count). The van der Waals surface area contributed by atoms with Gasteiger partial charge in [-0.25, -0.2) is 4.98 Å². The highest BCUT2D eigenvalue weighted by atomic mass is 16.5. The lowest BCUT2D eigenvalue weighted by molar-refractivity contribution is 0.294. The molecule has 1 aromatic heterocycles. The third-order valence-electron chi connectivity index (χ3n) is 2.58. The summed E-state index contributed by atoms with van der Waals surface area (Å²) in [5.74, 6) is 0.864. The summed E-state index contributed by atoms with van der Waals surface area (Å²) in [7, 11) is 0. The van der Waals surface area contributed by atoms with Crippen molar-refractivity contribution in [3.8, 4) is 5.75 Å². The van der Waals surface area contributed by atoms with Gasteiger partial charge in [-0.15, -0.1) is 0 Å². The molecule has 0 aliphatic heterocycles. The van der Waals surface area contributed by atoms with Crippen LogP contribution < -0.4 is 10.5 Å². The zero-order valence-electron chi connectivity index (χ0n) is 9.91. The number of nitrogens with two attached hydrogens (primary N) is 1. The molecule has 0 radical (unpaired) electrons. The van der Waals surface area contributed by atoms with Crippen LogP contribution in [0, 0.1) is 0 Å². The summed E-state index contributed by atoms with van der Waals surface area (Å²) >= 11 is 0. The molecule has 0 fully saturated rings. The van der Waals surface area contributed by atoms with Crippen LogP contribution in [0.25, 0.3) is 0 Å². The van der Waals surface area contributed by atoms with Crippen molar-refractivity contribution in [2.75, 3.05) is 6.61 Å². The van der Waals surface area contributed by atoms with E-state index < -0.39 is 0 Å². The minimum Gasteiger partial charge on any atom is -0.491 e. The van der Waals surface area contributed by atoms with Crippen LogP contribution in [0.5, 0.6) is 5.75 Å². The Balaban J connectivity index is 1.94. The molecule has 0 spiro atoms. The summed E-state index contributed by atoms with van der Waals surface area (Å²) in [6, 6.07) is 7.86. The van der Waals surface area contributed by atoms with Crippen LogP contribution in [0.2, 0.25) is 0 Å². The summed E-state index contributed by atoms with van der Waals surface area (Å²) in [6.45, 7) is 3.35. The lowest BCUT2D eigenvalue weighted by Crippen LogP contribution is -2.11. The van der Waals surface area contributed by atoms with Gasteiger partial charge in [0, 0.05) is 24.0 Å². The maximum Gasteiger partial charge on any atom is 0.124 e. The monoisotopic (exact) mass is 231 g/mol. The lowest BCUT2D eigenvalue weighted by atomic mass is 10.1. The molecular weight excluding hydrogens is 214 g/mol. The van der Waals surface area contributed by atoms with Crippen molar-refractivity contribution in [2.45, 2.75) is 19.5 Å². The standard InChI is InChI=1S/C13H17N3O/c1-11(14)12-4-2-3-5-13(12)17-9-8-16-7-6-15-10-16/h2-7,10-11H,8-9,14H2,1H3/t11-/m0/s1. The Labute approximate surface area is 101 Å². The molecule has 4 nitrogen and oxygen atoms in total. The summed E-state index contributed by atoms with van der Waals surface area (Å²) in [4.78, 5) is 3.98. The molecule has 90 valence electrons. The predicted octanol–water partition coefficient (Wildman–Crippen LogP) is 1.98. The predicted molar refractivity (Wildman–Crippen MR) is 66.8 cm³/mol. The van der Waals surface area contributed by atoms with E-state index in [-0.39, 0.29) is 6.04 Å². The third kappa shape index (κ3) is 3.07. The average molecular weight is 231 g/mol. The van der Waals surface area contributed by atoms with E-state index >= 15 is 0 Å². The summed E-state index contributed by atoms with van der Waals surface area (Å²) < 4.78 is 7.72. The summed E-state index contributed by atoms with van der Waals surface area (Å²) in [6.07, 6.45) is 5.46. The van der Waals surface area contributed by atoms with E-state index in [1.807, 2.05) is 42.0 Å². The Morgan fingerprint density at radius 3 is 2.94 bits per heavy atom. The maximum absolute atomic E-state index is 5.89. The van der Waals surface area contributed by atoms with Gasteiger partial charge in [-0.3, -0.25) is 0 Å². The van der Waals surface area contributed by atoms with Gasteiger partial charge in [0.2, 0.25) is 0 Å². The van der Waals surface area contributed by atoms with Crippen molar-refractivity contribution in [3.05, 3.63) is 48.5 Å². The van der Waals surface area contributed by atoms with E-state index in [9.17, 15) is 0 Å². The quantitative estimate of drug-likeness (QED) is 0.856. The maximum atomic E-state index is 5.89. The first kappa shape index (κ1) is 11.7. The number of hydrogen-bond acceptors (Lipinski definition) is 3. The van der Waals surface area contributed by atoms with Crippen LogP contribution in [-0.2, 0) is 6.54 Å². The molecule has 0 saturated heterocycles. The van der Waals surface area contributed by atoms with Gasteiger partial charge >= 0.3 is 0 Å². The number of rotatable bonds is 5. The third-order valence-corrected chi connectivity index (χ3v) is 2.58. The molecular formula is C13H17N3O. The van der Waals surface area contributed by atoms with Crippen molar-refractivity contribution < 1.29 is 4.74 Å². The largest absolute Gasteiger partial charge is 0.491 e. The van der Waals surface area contributed by atoms with Crippen LogP contribution >= 0.6 is 0 Å². The minimum absolute atomic E-state index is 0.0144. The molecule has 0 bridgehead atoms. The minimum atomic E-state index is -0.0144. The molecule has 1 heterocycles. The Hall–Kier alpha value is -1.81. The van der Waals surface area contributed by atoms with Crippen LogP contribution in [0.15, 0.2) is 43.0 Å². The number of benzene rings is 1. The molecule has 0 unspecified atom stereocenters. The van der Waals surface area contributed by atoms with Gasteiger partial charge in [0.05, 0.1) is 12.9 Å². The number of aromatic nitrogens is 2. The van der Waals surface area contributed by atoms with Crippen molar-refractivity contribution in [1.29, 1.82) is 0 Å². The normalized spacial score (nSPS) is 12.4. The van der Waals surface area contributed by atoms with E-state index in [2.05, 4.69) is 4.98 Å². The van der Waals surface area contributed by atoms with E-state index in [4.69, 9.17) is 10.5 Å². The van der Waals surface area contributed by atoms with Gasteiger partial charge in [-0.1, -0.05) is 18.2 Å². The number of para-hydroxylation sites is 1. The first-order valence-corrected chi connectivity index (χ1v) is 5.70. The second-order valence-corrected chi connectivity index (χ2v) is 3.98. The second-order valence-electron chi connectivity index (χ2n) is 3.98. The van der Waals surface area contributed by atoms with Gasteiger partial charge in [0.25, 0.3) is 0 Å². The van der Waals surface area contributed by atoms with Gasteiger partial charge in [0.1, 0.15) is 12.4 Å². The molecule has 4 heteroatoms. The Morgan fingerprint density at radius 2 is 2.24 bits per heavy atom. The fourth-order valence-electron chi connectivity index (χ4n) is 1.67. The first-order chi connectivity index (χ1) is 8.27. The Bertz CT molecular complexity index is 451. The number of hydrogen-bond donors (Lipinski definition) is 1. The highest BCUT2D eigenvalue weighted by Crippen LogP contribution is 2.22. The first-order valence-electron chi connectivity index (χ1n) is 5.70. The highest BCUT2D eigenvalue weighted by Gasteiger charge is 2.06. The summed E-state index contributed by atoms with van der Waals surface area (Å²) in [5.41, 5.74) is 6.93. The van der Waals surface area contributed by atoms with Crippen molar-refractivity contribution in [2.24, 2.45) is 5.73 Å². The van der Waals surface area contributed by atoms with Gasteiger partial charge < -0.3 is 15.0 Å². The van der Waals surface area contributed by atoms with E-state index in [0.29, 0.717) is 6.61 Å². The highest BCUT2D eigenvalue weighted by molar-refractivity contribution is 5.35. The molecule has 0 aliphatic rings. The van der Waals surface area contributed by atoms with E-state index in [1.165, 1.54) is 0 Å². The van der Waals surface area contributed by atoms with Gasteiger partial charge in [-0.05, 0) is 13.0 Å². The SMILES string of the molecule is C[C@H](N)c1ccccc1OCCn1ccnc1. The molecule has 1 aromatic carbocycles. The van der Waals surface area contributed by atoms with Gasteiger partial charge in [0.15, 0.2) is 0 Å². The van der Waals surface area contributed by atoms with Crippen LogP contribution in [0.1, 0.15) is 18.5 Å². The summed E-state index contributed by atoms with van der Waals surface area (Å²) in [5, 5.41) is 0. The van der Waals surface area contributed by atoms with E-state index in [1.54, 1.807) is 12.5 Å². The van der Waals surface area contributed by atoms with Crippen LogP contribution in [0.4, 0.5) is 0 Å². The smallest absolute Gasteiger partial charge is 0.124 e. The molecule has 0 saturated carbocycles. The molecule has 1 atom stereocenters. The fourth-order valence-corrected chi connectivity index (χ4v) is 1.67. The van der Waals surface area contributed by atoms with Crippen LogP contribution in [0.3, 0.4) is 0 Å². The molecule has 0 aliphatic carbocycles. The molecule has 17 heavy (non-hydrogen) atoms. The Morgan fingerprint density at radius 1 is 1.41 bits per heavy atom. The number of nitrogens with zero attached hydrogens (tertiary/aromatic N) is 2. The topological polar surface area (TPSA) is 53.1 Å².